The van der Waals surface area contributed by atoms with Crippen LogP contribution in [0.5, 0.6) is 0 Å². The average molecular weight is 207 g/mol. The Hall–Kier alpha value is -1.29. The molecule has 82 valence electrons. The van der Waals surface area contributed by atoms with E-state index >= 15 is 0 Å². The summed E-state index contributed by atoms with van der Waals surface area (Å²) in [5.41, 5.74) is 0.781. The highest BCUT2D eigenvalue weighted by molar-refractivity contribution is 5.93. The number of piperazine rings is 1. The molecule has 1 aromatic heterocycles. The van der Waals surface area contributed by atoms with Crippen LogP contribution in [0, 0.1) is 0 Å². The van der Waals surface area contributed by atoms with Crippen molar-refractivity contribution in [3.63, 3.8) is 0 Å². The lowest BCUT2D eigenvalue weighted by molar-refractivity contribution is 0.101. The highest BCUT2D eigenvalue weighted by atomic mass is 16.1. The minimum atomic E-state index is 0.124. The third-order valence-electron chi connectivity index (χ3n) is 2.90. The molecule has 15 heavy (non-hydrogen) atoms. The van der Waals surface area contributed by atoms with Gasteiger partial charge in [-0.05, 0) is 12.1 Å². The Morgan fingerprint density at radius 3 is 2.53 bits per heavy atom. The lowest BCUT2D eigenvalue weighted by Gasteiger charge is -2.29. The lowest BCUT2D eigenvalue weighted by Crippen LogP contribution is -2.44. The maximum Gasteiger partial charge on any atom is 0.176 e. The van der Waals surface area contributed by atoms with Crippen molar-refractivity contribution >= 4 is 11.6 Å². The molecule has 1 aliphatic rings. The van der Waals surface area contributed by atoms with Gasteiger partial charge in [0.2, 0.25) is 0 Å². The number of carbonyl (C=O) groups excluding carboxylic acids is 1. The molecule has 0 amide bonds. The molecular weight excluding hydrogens is 190 g/mol. The van der Waals surface area contributed by atoms with Crippen molar-refractivity contribution in [2.75, 3.05) is 31.1 Å². The molecule has 1 aliphatic heterocycles. The van der Waals surface area contributed by atoms with Crippen LogP contribution < -0.4 is 10.2 Å². The van der Waals surface area contributed by atoms with Crippen LogP contribution in [0.25, 0.3) is 0 Å². The molecule has 0 aliphatic carbocycles. The number of nitrogens with one attached hydrogen (secondary N) is 1. The third-order valence-corrected chi connectivity index (χ3v) is 2.90. The summed E-state index contributed by atoms with van der Waals surface area (Å²) in [6.07, 6.45) is 0. The van der Waals surface area contributed by atoms with Gasteiger partial charge < -0.3 is 14.8 Å². The molecule has 0 unspecified atom stereocenters. The van der Waals surface area contributed by atoms with Crippen molar-refractivity contribution in [3.05, 3.63) is 17.8 Å². The molecule has 0 radical (unpaired) electrons. The zero-order chi connectivity index (χ0) is 10.8. The zero-order valence-corrected chi connectivity index (χ0v) is 9.29. The van der Waals surface area contributed by atoms with Crippen LogP contribution in [0.1, 0.15) is 17.4 Å². The van der Waals surface area contributed by atoms with Crippen LogP contribution in [0.2, 0.25) is 0 Å². The van der Waals surface area contributed by atoms with Crippen LogP contribution in [-0.2, 0) is 7.05 Å². The summed E-state index contributed by atoms with van der Waals surface area (Å²) in [7, 11) is 1.95. The molecule has 4 heteroatoms. The van der Waals surface area contributed by atoms with E-state index in [1.165, 1.54) is 0 Å². The molecule has 0 bridgehead atoms. The molecule has 2 rings (SSSR count). The molecule has 0 atom stereocenters. The summed E-state index contributed by atoms with van der Waals surface area (Å²) in [5.74, 6) is 1.26. The van der Waals surface area contributed by atoms with E-state index in [-0.39, 0.29) is 5.78 Å². The number of rotatable bonds is 2. The highest BCUT2D eigenvalue weighted by Crippen LogP contribution is 2.18. The minimum absolute atomic E-state index is 0.124. The number of hydrogen-bond donors (Lipinski definition) is 1. The fourth-order valence-electron chi connectivity index (χ4n) is 2.07. The van der Waals surface area contributed by atoms with Crippen molar-refractivity contribution < 1.29 is 4.79 Å². The van der Waals surface area contributed by atoms with Gasteiger partial charge in [-0.3, -0.25) is 4.79 Å². The Bertz CT molecular complexity index is 364. The van der Waals surface area contributed by atoms with Crippen molar-refractivity contribution in [3.8, 4) is 0 Å². The molecule has 4 nitrogen and oxygen atoms in total. The first kappa shape index (κ1) is 10.2. The molecule has 1 N–H and O–H groups in total. The monoisotopic (exact) mass is 207 g/mol. The predicted octanol–water partition coefficient (Wildman–Crippen LogP) is 0.637. The summed E-state index contributed by atoms with van der Waals surface area (Å²) >= 11 is 0. The highest BCUT2D eigenvalue weighted by Gasteiger charge is 2.15. The first-order valence-corrected chi connectivity index (χ1v) is 5.32. The van der Waals surface area contributed by atoms with Crippen molar-refractivity contribution in [1.29, 1.82) is 0 Å². The van der Waals surface area contributed by atoms with E-state index < -0.39 is 0 Å². The largest absolute Gasteiger partial charge is 0.355 e. The van der Waals surface area contributed by atoms with Crippen molar-refractivity contribution in [1.82, 2.24) is 9.88 Å². The van der Waals surface area contributed by atoms with Gasteiger partial charge in [0.25, 0.3) is 0 Å². The number of aromatic nitrogens is 1. The van der Waals surface area contributed by atoms with E-state index in [0.717, 1.165) is 37.7 Å². The summed E-state index contributed by atoms with van der Waals surface area (Å²) in [4.78, 5) is 13.6. The van der Waals surface area contributed by atoms with E-state index in [4.69, 9.17) is 0 Å². The van der Waals surface area contributed by atoms with Gasteiger partial charge in [-0.2, -0.15) is 0 Å². The molecule has 0 saturated carbocycles. The SMILES string of the molecule is CC(=O)c1ccc(N2CCNCC2)n1C. The Kier molecular flexibility index (Phi) is 2.77. The number of hydrogen-bond acceptors (Lipinski definition) is 3. The topological polar surface area (TPSA) is 37.3 Å². The Morgan fingerprint density at radius 1 is 1.33 bits per heavy atom. The Labute approximate surface area is 89.9 Å². The summed E-state index contributed by atoms with van der Waals surface area (Å²) in [6.45, 7) is 5.66. The van der Waals surface area contributed by atoms with Crippen molar-refractivity contribution in [2.45, 2.75) is 6.92 Å². The van der Waals surface area contributed by atoms with Crippen LogP contribution in [-0.4, -0.2) is 36.5 Å². The molecule has 0 spiro atoms. The quantitative estimate of drug-likeness (QED) is 0.723. The van der Waals surface area contributed by atoms with Gasteiger partial charge in [0.05, 0.1) is 5.69 Å². The second kappa shape index (κ2) is 4.06. The molecule has 1 saturated heterocycles. The zero-order valence-electron chi connectivity index (χ0n) is 9.29. The minimum Gasteiger partial charge on any atom is -0.355 e. The number of ketones is 1. The fraction of sp³-hybridized carbons (Fsp3) is 0.545. The predicted molar refractivity (Wildman–Crippen MR) is 60.5 cm³/mol. The first-order chi connectivity index (χ1) is 7.20. The van der Waals surface area contributed by atoms with Crippen LogP contribution in [0.15, 0.2) is 12.1 Å². The molecule has 1 fully saturated rings. The van der Waals surface area contributed by atoms with E-state index in [1.54, 1.807) is 6.92 Å². The maximum absolute atomic E-state index is 11.3. The number of carbonyl (C=O) groups is 1. The van der Waals surface area contributed by atoms with Gasteiger partial charge in [0.1, 0.15) is 5.82 Å². The van der Waals surface area contributed by atoms with Gasteiger partial charge >= 0.3 is 0 Å². The first-order valence-electron chi connectivity index (χ1n) is 5.32. The molecule has 2 heterocycles. The summed E-state index contributed by atoms with van der Waals surface area (Å²) in [5, 5.41) is 3.32. The van der Waals surface area contributed by atoms with E-state index in [1.807, 2.05) is 23.7 Å². The molecule has 0 aromatic carbocycles. The van der Waals surface area contributed by atoms with Gasteiger partial charge in [0.15, 0.2) is 5.78 Å². The number of Topliss-reactive ketones (excluding diaryl/α,β-unsaturated/α-hetero) is 1. The van der Waals surface area contributed by atoms with Gasteiger partial charge in [-0.15, -0.1) is 0 Å². The van der Waals surface area contributed by atoms with Crippen molar-refractivity contribution in [2.24, 2.45) is 7.05 Å². The van der Waals surface area contributed by atoms with E-state index in [2.05, 4.69) is 10.2 Å². The second-order valence-corrected chi connectivity index (χ2v) is 3.93. The summed E-state index contributed by atoms with van der Waals surface area (Å²) in [6, 6.07) is 3.93. The molecule has 1 aromatic rings. The van der Waals surface area contributed by atoms with Crippen LogP contribution in [0.3, 0.4) is 0 Å². The van der Waals surface area contributed by atoms with E-state index in [9.17, 15) is 4.79 Å². The van der Waals surface area contributed by atoms with Gasteiger partial charge in [-0.1, -0.05) is 0 Å². The second-order valence-electron chi connectivity index (χ2n) is 3.93. The standard InChI is InChI=1S/C11H17N3O/c1-9(15)10-3-4-11(13(10)2)14-7-5-12-6-8-14/h3-4,12H,5-8H2,1-2H3. The van der Waals surface area contributed by atoms with Gasteiger partial charge in [0, 0.05) is 40.2 Å². The summed E-state index contributed by atoms with van der Waals surface area (Å²) < 4.78 is 1.98. The third kappa shape index (κ3) is 1.90. The average Bonchev–Trinajstić information content (AvgIpc) is 2.61. The van der Waals surface area contributed by atoms with Crippen LogP contribution >= 0.6 is 0 Å². The normalized spacial score (nSPS) is 16.8. The Morgan fingerprint density at radius 2 is 2.00 bits per heavy atom. The smallest absolute Gasteiger partial charge is 0.176 e. The molecular formula is C11H17N3O. The number of nitrogens with zero attached hydrogens (tertiary/aromatic N) is 2. The maximum atomic E-state index is 11.3. The fourth-order valence-corrected chi connectivity index (χ4v) is 2.07. The van der Waals surface area contributed by atoms with Crippen LogP contribution in [0.4, 0.5) is 5.82 Å². The Balaban J connectivity index is 2.24. The van der Waals surface area contributed by atoms with E-state index in [0.29, 0.717) is 0 Å². The number of anilines is 1. The lowest BCUT2D eigenvalue weighted by atomic mass is 10.3. The van der Waals surface area contributed by atoms with Gasteiger partial charge in [-0.25, -0.2) is 0 Å².